The van der Waals surface area contributed by atoms with E-state index in [0.717, 1.165) is 21.7 Å². The molecule has 0 aliphatic rings. The Bertz CT molecular complexity index is 595. The summed E-state index contributed by atoms with van der Waals surface area (Å²) >= 11 is 5.16. The molecule has 0 bridgehead atoms. The number of anilines is 2. The van der Waals surface area contributed by atoms with Crippen LogP contribution in [0.3, 0.4) is 0 Å². The number of halogens is 1. The average Bonchev–Trinajstić information content (AvgIpc) is 2.82. The summed E-state index contributed by atoms with van der Waals surface area (Å²) in [5.41, 5.74) is 1.82. The van der Waals surface area contributed by atoms with Gasteiger partial charge in [-0.3, -0.25) is 4.79 Å². The van der Waals surface area contributed by atoms with Gasteiger partial charge >= 0.3 is 0 Å². The Balaban J connectivity index is 1.97. The number of benzene rings is 1. The molecule has 20 heavy (non-hydrogen) atoms. The fourth-order valence-corrected chi connectivity index (χ4v) is 3.05. The van der Waals surface area contributed by atoms with Crippen molar-refractivity contribution in [3.8, 4) is 0 Å². The molecule has 1 aromatic heterocycles. The molecule has 0 unspecified atom stereocenters. The molecule has 0 spiro atoms. The fourth-order valence-electron chi connectivity index (χ4n) is 1.63. The minimum atomic E-state index is -0.0184. The Morgan fingerprint density at radius 3 is 2.65 bits per heavy atom. The molecular formula is C15H17BrN2OS. The van der Waals surface area contributed by atoms with E-state index >= 15 is 0 Å². The van der Waals surface area contributed by atoms with Crippen molar-refractivity contribution >= 4 is 44.5 Å². The van der Waals surface area contributed by atoms with Crippen LogP contribution in [-0.2, 0) is 11.3 Å². The van der Waals surface area contributed by atoms with Gasteiger partial charge in [-0.25, -0.2) is 0 Å². The zero-order valence-electron chi connectivity index (χ0n) is 11.4. The molecule has 2 N–H and O–H groups in total. The molecule has 0 radical (unpaired) electrons. The van der Waals surface area contributed by atoms with Crippen molar-refractivity contribution in [1.82, 2.24) is 0 Å². The summed E-state index contributed by atoms with van der Waals surface area (Å²) in [4.78, 5) is 12.9. The van der Waals surface area contributed by atoms with Crippen LogP contribution in [0.4, 0.5) is 11.4 Å². The van der Waals surface area contributed by atoms with Crippen molar-refractivity contribution in [2.75, 3.05) is 10.6 Å². The van der Waals surface area contributed by atoms with E-state index in [1.54, 1.807) is 11.3 Å². The molecule has 1 heterocycles. The fraction of sp³-hybridized carbons (Fsp3) is 0.267. The van der Waals surface area contributed by atoms with Crippen LogP contribution < -0.4 is 10.6 Å². The molecule has 0 aliphatic carbocycles. The maximum Gasteiger partial charge on any atom is 0.226 e. The maximum absolute atomic E-state index is 11.7. The summed E-state index contributed by atoms with van der Waals surface area (Å²) in [5.74, 6) is 0.0134. The van der Waals surface area contributed by atoms with Gasteiger partial charge in [0.25, 0.3) is 0 Å². The van der Waals surface area contributed by atoms with Gasteiger partial charge in [0.05, 0.1) is 3.79 Å². The van der Waals surface area contributed by atoms with E-state index in [-0.39, 0.29) is 11.8 Å². The zero-order valence-corrected chi connectivity index (χ0v) is 13.8. The van der Waals surface area contributed by atoms with Gasteiger partial charge in [0, 0.05) is 28.7 Å². The van der Waals surface area contributed by atoms with E-state index in [2.05, 4.69) is 32.6 Å². The molecule has 5 heteroatoms. The normalized spacial score (nSPS) is 10.6. The summed E-state index contributed by atoms with van der Waals surface area (Å²) in [7, 11) is 0. The summed E-state index contributed by atoms with van der Waals surface area (Å²) in [6.45, 7) is 4.54. The standard InChI is InChI=1S/C15H17BrN2OS/c1-10(2)15(19)18-12-5-3-4-11(8-12)17-9-13-6-7-14(16)20-13/h3-8,10,17H,9H2,1-2H3,(H,18,19). The van der Waals surface area contributed by atoms with Crippen molar-refractivity contribution < 1.29 is 4.79 Å². The summed E-state index contributed by atoms with van der Waals surface area (Å²) in [6, 6.07) is 11.9. The van der Waals surface area contributed by atoms with E-state index < -0.39 is 0 Å². The molecule has 106 valence electrons. The summed E-state index contributed by atoms with van der Waals surface area (Å²) < 4.78 is 1.13. The molecule has 3 nitrogen and oxygen atoms in total. The van der Waals surface area contributed by atoms with Crippen molar-refractivity contribution in [2.45, 2.75) is 20.4 Å². The lowest BCUT2D eigenvalue weighted by atomic mass is 10.2. The van der Waals surface area contributed by atoms with E-state index in [1.165, 1.54) is 4.88 Å². The second kappa shape index (κ2) is 6.90. The lowest BCUT2D eigenvalue weighted by molar-refractivity contribution is -0.118. The van der Waals surface area contributed by atoms with Gasteiger partial charge < -0.3 is 10.6 Å². The Morgan fingerprint density at radius 2 is 2.00 bits per heavy atom. The zero-order chi connectivity index (χ0) is 14.5. The highest BCUT2D eigenvalue weighted by Gasteiger charge is 2.07. The van der Waals surface area contributed by atoms with E-state index in [1.807, 2.05) is 44.2 Å². The van der Waals surface area contributed by atoms with Crippen LogP contribution in [0.5, 0.6) is 0 Å². The molecule has 1 aromatic carbocycles. The summed E-state index contributed by atoms with van der Waals surface area (Å²) in [6.07, 6.45) is 0. The molecule has 1 amide bonds. The van der Waals surface area contributed by atoms with Crippen LogP contribution in [0.25, 0.3) is 0 Å². The van der Waals surface area contributed by atoms with Gasteiger partial charge in [-0.2, -0.15) is 0 Å². The molecule has 0 saturated carbocycles. The lowest BCUT2D eigenvalue weighted by Gasteiger charge is -2.10. The minimum absolute atomic E-state index is 0.0184. The van der Waals surface area contributed by atoms with Crippen LogP contribution in [0.15, 0.2) is 40.2 Å². The number of nitrogens with one attached hydrogen (secondary N) is 2. The Kier molecular flexibility index (Phi) is 5.20. The van der Waals surface area contributed by atoms with Crippen LogP contribution in [-0.4, -0.2) is 5.91 Å². The highest BCUT2D eigenvalue weighted by Crippen LogP contribution is 2.23. The highest BCUT2D eigenvalue weighted by atomic mass is 79.9. The van der Waals surface area contributed by atoms with Crippen molar-refractivity contribution in [1.29, 1.82) is 0 Å². The number of hydrogen-bond donors (Lipinski definition) is 2. The minimum Gasteiger partial charge on any atom is -0.380 e. The maximum atomic E-state index is 11.7. The van der Waals surface area contributed by atoms with Crippen LogP contribution in [0.2, 0.25) is 0 Å². The van der Waals surface area contributed by atoms with Crippen molar-refractivity contribution in [3.63, 3.8) is 0 Å². The van der Waals surface area contributed by atoms with Gasteiger partial charge in [-0.1, -0.05) is 19.9 Å². The molecule has 0 atom stereocenters. The van der Waals surface area contributed by atoms with Gasteiger partial charge in [-0.05, 0) is 46.3 Å². The second-order valence-electron chi connectivity index (χ2n) is 4.78. The van der Waals surface area contributed by atoms with Crippen LogP contribution in [0, 0.1) is 5.92 Å². The number of carbonyl (C=O) groups excluding carboxylic acids is 1. The number of amides is 1. The largest absolute Gasteiger partial charge is 0.380 e. The molecule has 0 aliphatic heterocycles. The first-order chi connectivity index (χ1) is 9.54. The lowest BCUT2D eigenvalue weighted by Crippen LogP contribution is -2.17. The predicted octanol–water partition coefficient (Wildman–Crippen LogP) is 4.72. The van der Waals surface area contributed by atoms with Crippen molar-refractivity contribution in [2.24, 2.45) is 5.92 Å². The van der Waals surface area contributed by atoms with E-state index in [0.29, 0.717) is 0 Å². The van der Waals surface area contributed by atoms with Gasteiger partial charge in [0.2, 0.25) is 5.91 Å². The highest BCUT2D eigenvalue weighted by molar-refractivity contribution is 9.11. The predicted molar refractivity (Wildman–Crippen MR) is 89.3 cm³/mol. The van der Waals surface area contributed by atoms with Crippen LogP contribution >= 0.6 is 27.3 Å². The molecule has 0 saturated heterocycles. The SMILES string of the molecule is CC(C)C(=O)Nc1cccc(NCc2ccc(Br)s2)c1. The topological polar surface area (TPSA) is 41.1 Å². The van der Waals surface area contributed by atoms with Crippen LogP contribution in [0.1, 0.15) is 18.7 Å². The Morgan fingerprint density at radius 1 is 1.25 bits per heavy atom. The number of carbonyl (C=O) groups is 1. The second-order valence-corrected chi connectivity index (χ2v) is 7.33. The van der Waals surface area contributed by atoms with Gasteiger partial charge in [0.15, 0.2) is 0 Å². The average molecular weight is 353 g/mol. The smallest absolute Gasteiger partial charge is 0.226 e. The first kappa shape index (κ1) is 15.1. The molecule has 2 rings (SSSR count). The quantitative estimate of drug-likeness (QED) is 0.817. The monoisotopic (exact) mass is 352 g/mol. The Hall–Kier alpha value is -1.33. The third-order valence-corrected chi connectivity index (χ3v) is 4.37. The third kappa shape index (κ3) is 4.35. The Labute approximate surface area is 131 Å². The molecular weight excluding hydrogens is 336 g/mol. The van der Waals surface area contributed by atoms with Gasteiger partial charge in [-0.15, -0.1) is 11.3 Å². The number of thiophene rings is 1. The summed E-state index contributed by atoms with van der Waals surface area (Å²) in [5, 5.41) is 6.26. The van der Waals surface area contributed by atoms with E-state index in [4.69, 9.17) is 0 Å². The first-order valence-electron chi connectivity index (χ1n) is 6.43. The number of hydrogen-bond acceptors (Lipinski definition) is 3. The number of rotatable bonds is 5. The van der Waals surface area contributed by atoms with Gasteiger partial charge in [0.1, 0.15) is 0 Å². The molecule has 0 fully saturated rings. The van der Waals surface area contributed by atoms with Crippen molar-refractivity contribution in [3.05, 3.63) is 45.1 Å². The van der Waals surface area contributed by atoms with E-state index in [9.17, 15) is 4.79 Å². The molecule has 2 aromatic rings. The third-order valence-electron chi connectivity index (χ3n) is 2.75. The first-order valence-corrected chi connectivity index (χ1v) is 8.04.